The molecule has 0 bridgehead atoms. The third-order valence-electron chi connectivity index (χ3n) is 5.76. The predicted molar refractivity (Wildman–Crippen MR) is 86.1 cm³/mol. The number of anilines is 1. The van der Waals surface area contributed by atoms with Crippen LogP contribution in [0, 0.1) is 0 Å². The Hall–Kier alpha value is -1.36. The Balaban J connectivity index is 1.69. The monoisotopic (exact) mass is 302 g/mol. The zero-order valence-electron chi connectivity index (χ0n) is 13.5. The molecule has 22 heavy (non-hydrogen) atoms. The summed E-state index contributed by atoms with van der Waals surface area (Å²) in [6.45, 7) is 2.07. The molecular weight excluding hydrogens is 276 g/mol. The Bertz CT molecular complexity index is 568. The molecule has 1 saturated heterocycles. The fraction of sp³-hybridized carbons (Fsp3) is 0.765. The van der Waals surface area contributed by atoms with Gasteiger partial charge in [0.25, 0.3) is 0 Å². The van der Waals surface area contributed by atoms with Gasteiger partial charge in [0, 0.05) is 24.1 Å². The van der Waals surface area contributed by atoms with E-state index in [0.29, 0.717) is 5.95 Å². The molecule has 1 aliphatic heterocycles. The van der Waals surface area contributed by atoms with Gasteiger partial charge in [-0.05, 0) is 45.6 Å². The van der Waals surface area contributed by atoms with Crippen molar-refractivity contribution in [3.63, 3.8) is 0 Å². The first-order valence-corrected chi connectivity index (χ1v) is 8.68. The van der Waals surface area contributed by atoms with Crippen LogP contribution in [0.15, 0.2) is 0 Å². The Morgan fingerprint density at radius 2 is 1.95 bits per heavy atom. The number of likely N-dealkylation sites (tertiary alicyclic amines) is 1. The molecule has 5 nitrogen and oxygen atoms in total. The zero-order valence-corrected chi connectivity index (χ0v) is 13.5. The topological polar surface area (TPSA) is 64.3 Å². The molecule has 1 atom stereocenters. The SMILES string of the molecule is CN1CCC(Oc2nc(N)nc3c2CCCC32CCCC2)C1. The van der Waals surface area contributed by atoms with Gasteiger partial charge >= 0.3 is 0 Å². The number of hydrogen-bond acceptors (Lipinski definition) is 5. The van der Waals surface area contributed by atoms with E-state index in [2.05, 4.69) is 21.9 Å². The summed E-state index contributed by atoms with van der Waals surface area (Å²) >= 11 is 0. The maximum absolute atomic E-state index is 6.25. The van der Waals surface area contributed by atoms with Crippen LogP contribution in [0.5, 0.6) is 5.88 Å². The van der Waals surface area contributed by atoms with Crippen LogP contribution in [-0.4, -0.2) is 41.1 Å². The van der Waals surface area contributed by atoms with E-state index in [4.69, 9.17) is 10.5 Å². The van der Waals surface area contributed by atoms with Crippen LogP contribution in [0.3, 0.4) is 0 Å². The molecule has 0 aromatic carbocycles. The molecule has 1 saturated carbocycles. The molecule has 120 valence electrons. The van der Waals surface area contributed by atoms with Crippen molar-refractivity contribution in [2.45, 2.75) is 62.9 Å². The average Bonchev–Trinajstić information content (AvgIpc) is 3.11. The third kappa shape index (κ3) is 2.35. The fourth-order valence-electron chi connectivity index (χ4n) is 4.65. The molecule has 0 amide bonds. The summed E-state index contributed by atoms with van der Waals surface area (Å²) in [6, 6.07) is 0. The highest BCUT2D eigenvalue weighted by Gasteiger charge is 2.42. The van der Waals surface area contributed by atoms with E-state index in [9.17, 15) is 0 Å². The van der Waals surface area contributed by atoms with Crippen molar-refractivity contribution in [2.24, 2.45) is 0 Å². The quantitative estimate of drug-likeness (QED) is 0.908. The van der Waals surface area contributed by atoms with E-state index in [-0.39, 0.29) is 11.5 Å². The Morgan fingerprint density at radius 3 is 2.68 bits per heavy atom. The van der Waals surface area contributed by atoms with E-state index < -0.39 is 0 Å². The lowest BCUT2D eigenvalue weighted by molar-refractivity contribution is 0.195. The number of nitrogen functional groups attached to an aromatic ring is 1. The number of likely N-dealkylation sites (N-methyl/N-ethyl adjacent to an activating group) is 1. The summed E-state index contributed by atoms with van der Waals surface area (Å²) < 4.78 is 6.25. The largest absolute Gasteiger partial charge is 0.473 e. The molecule has 2 N–H and O–H groups in total. The molecule has 1 aromatic heterocycles. The standard InChI is InChI=1S/C17H26N4O/c1-21-10-6-12(11-21)22-15-13-5-4-9-17(7-2-3-8-17)14(13)19-16(18)20-15/h12H,2-11H2,1H3,(H2,18,19,20). The van der Waals surface area contributed by atoms with Crippen LogP contribution in [0.1, 0.15) is 56.2 Å². The zero-order chi connectivity index (χ0) is 15.2. The molecule has 3 aliphatic rings. The average molecular weight is 302 g/mol. The van der Waals surface area contributed by atoms with Crippen molar-refractivity contribution in [1.29, 1.82) is 0 Å². The maximum atomic E-state index is 6.25. The summed E-state index contributed by atoms with van der Waals surface area (Å²) in [4.78, 5) is 11.4. The highest BCUT2D eigenvalue weighted by atomic mass is 16.5. The van der Waals surface area contributed by atoms with Crippen molar-refractivity contribution < 1.29 is 4.74 Å². The smallest absolute Gasteiger partial charge is 0.223 e. The molecule has 4 rings (SSSR count). The number of rotatable bonds is 2. The van der Waals surface area contributed by atoms with Gasteiger partial charge in [0.2, 0.25) is 11.8 Å². The first-order chi connectivity index (χ1) is 10.7. The van der Waals surface area contributed by atoms with E-state index in [1.165, 1.54) is 49.8 Å². The Morgan fingerprint density at radius 1 is 1.18 bits per heavy atom. The lowest BCUT2D eigenvalue weighted by Crippen LogP contribution is -2.31. The maximum Gasteiger partial charge on any atom is 0.223 e. The summed E-state index contributed by atoms with van der Waals surface area (Å²) in [5.74, 6) is 1.15. The van der Waals surface area contributed by atoms with Crippen LogP contribution in [0.2, 0.25) is 0 Å². The third-order valence-corrected chi connectivity index (χ3v) is 5.76. The van der Waals surface area contributed by atoms with Crippen molar-refractivity contribution in [2.75, 3.05) is 25.9 Å². The molecule has 2 heterocycles. The van der Waals surface area contributed by atoms with Crippen LogP contribution in [-0.2, 0) is 11.8 Å². The van der Waals surface area contributed by atoms with Crippen molar-refractivity contribution in [3.05, 3.63) is 11.3 Å². The number of ether oxygens (including phenoxy) is 1. The number of nitrogens with two attached hydrogens (primary N) is 1. The van der Waals surface area contributed by atoms with E-state index in [1.54, 1.807) is 0 Å². The molecular formula is C17H26N4O. The Labute approximate surface area is 132 Å². The summed E-state index contributed by atoms with van der Waals surface area (Å²) in [6.07, 6.45) is 9.95. The number of hydrogen-bond donors (Lipinski definition) is 1. The van der Waals surface area contributed by atoms with E-state index in [1.807, 2.05) is 0 Å². The van der Waals surface area contributed by atoms with Gasteiger partial charge < -0.3 is 15.4 Å². The van der Waals surface area contributed by atoms with Crippen molar-refractivity contribution >= 4 is 5.95 Å². The molecule has 1 aromatic rings. The van der Waals surface area contributed by atoms with Gasteiger partial charge in [-0.15, -0.1) is 0 Å². The minimum Gasteiger partial charge on any atom is -0.473 e. The molecule has 1 unspecified atom stereocenters. The van der Waals surface area contributed by atoms with Crippen LogP contribution in [0.4, 0.5) is 5.95 Å². The lowest BCUT2D eigenvalue weighted by atomic mass is 9.72. The van der Waals surface area contributed by atoms with Crippen molar-refractivity contribution in [3.8, 4) is 5.88 Å². The minimum atomic E-state index is 0.241. The van der Waals surface area contributed by atoms with Gasteiger partial charge in [-0.2, -0.15) is 4.98 Å². The number of aromatic nitrogens is 2. The highest BCUT2D eigenvalue weighted by molar-refractivity contribution is 5.42. The lowest BCUT2D eigenvalue weighted by Gasteiger charge is -2.35. The van der Waals surface area contributed by atoms with Crippen LogP contribution in [0.25, 0.3) is 0 Å². The van der Waals surface area contributed by atoms with Crippen molar-refractivity contribution in [1.82, 2.24) is 14.9 Å². The van der Waals surface area contributed by atoms with Gasteiger partial charge in [0.1, 0.15) is 6.10 Å². The van der Waals surface area contributed by atoms with E-state index >= 15 is 0 Å². The number of nitrogens with zero attached hydrogens (tertiary/aromatic N) is 3. The summed E-state index contributed by atoms with van der Waals surface area (Å²) in [5, 5.41) is 0. The second-order valence-corrected chi connectivity index (χ2v) is 7.35. The first kappa shape index (κ1) is 14.2. The normalized spacial score (nSPS) is 27.2. The van der Waals surface area contributed by atoms with Gasteiger partial charge in [0.15, 0.2) is 0 Å². The van der Waals surface area contributed by atoms with Gasteiger partial charge in [-0.25, -0.2) is 4.98 Å². The van der Waals surface area contributed by atoms with Crippen LogP contribution < -0.4 is 10.5 Å². The first-order valence-electron chi connectivity index (χ1n) is 8.68. The second-order valence-electron chi connectivity index (χ2n) is 7.35. The molecule has 5 heteroatoms. The van der Waals surface area contributed by atoms with E-state index in [0.717, 1.165) is 31.8 Å². The second kappa shape index (κ2) is 5.37. The van der Waals surface area contributed by atoms with Gasteiger partial charge in [0.05, 0.1) is 5.69 Å². The molecule has 0 radical (unpaired) electrons. The molecule has 1 spiro atoms. The molecule has 2 fully saturated rings. The van der Waals surface area contributed by atoms with Gasteiger partial charge in [-0.1, -0.05) is 12.8 Å². The highest BCUT2D eigenvalue weighted by Crippen LogP contribution is 2.49. The predicted octanol–water partition coefficient (Wildman–Crippen LogP) is 2.29. The molecule has 2 aliphatic carbocycles. The number of fused-ring (bicyclic) bond motifs is 2. The minimum absolute atomic E-state index is 0.241. The van der Waals surface area contributed by atoms with Crippen LogP contribution >= 0.6 is 0 Å². The summed E-state index contributed by atoms with van der Waals surface area (Å²) in [5.41, 5.74) is 8.74. The fourth-order valence-corrected chi connectivity index (χ4v) is 4.65. The van der Waals surface area contributed by atoms with Gasteiger partial charge in [-0.3, -0.25) is 0 Å². The Kier molecular flexibility index (Phi) is 3.48. The summed E-state index contributed by atoms with van der Waals surface area (Å²) in [7, 11) is 2.14.